The fourth-order valence-corrected chi connectivity index (χ4v) is 1.49. The molecular weight excluding hydrogens is 170 g/mol. The molecule has 1 aliphatic rings. The second-order valence-corrected chi connectivity index (χ2v) is 3.28. The molecule has 74 valence electrons. The summed E-state index contributed by atoms with van der Waals surface area (Å²) in [4.78, 5) is 22.0. The van der Waals surface area contributed by atoms with Crippen molar-refractivity contribution in [1.82, 2.24) is 5.32 Å². The van der Waals surface area contributed by atoms with Gasteiger partial charge in [-0.05, 0) is 19.3 Å². The minimum atomic E-state index is -0.145. The van der Waals surface area contributed by atoms with E-state index in [1.807, 2.05) is 0 Å². The van der Waals surface area contributed by atoms with Crippen molar-refractivity contribution >= 4 is 11.8 Å². The van der Waals surface area contributed by atoms with E-state index in [2.05, 4.69) is 5.32 Å². The van der Waals surface area contributed by atoms with Gasteiger partial charge in [0.15, 0.2) is 0 Å². The van der Waals surface area contributed by atoms with Gasteiger partial charge < -0.3 is 4.74 Å². The SMILES string of the molecule is COCCCC1CCC(=O)NC1=O. The Morgan fingerprint density at radius 2 is 2.31 bits per heavy atom. The van der Waals surface area contributed by atoms with Gasteiger partial charge in [-0.2, -0.15) is 0 Å². The highest BCUT2D eigenvalue weighted by Gasteiger charge is 2.25. The quantitative estimate of drug-likeness (QED) is 0.511. The molecule has 0 spiro atoms. The molecule has 0 saturated carbocycles. The van der Waals surface area contributed by atoms with Gasteiger partial charge in [0.2, 0.25) is 11.8 Å². The molecule has 1 fully saturated rings. The number of piperidine rings is 1. The number of rotatable bonds is 4. The summed E-state index contributed by atoms with van der Waals surface area (Å²) in [7, 11) is 1.64. The smallest absolute Gasteiger partial charge is 0.229 e. The summed E-state index contributed by atoms with van der Waals surface area (Å²) in [5.74, 6) is -0.256. The van der Waals surface area contributed by atoms with Crippen LogP contribution in [0.3, 0.4) is 0 Å². The molecule has 0 radical (unpaired) electrons. The van der Waals surface area contributed by atoms with Crippen molar-refractivity contribution < 1.29 is 14.3 Å². The van der Waals surface area contributed by atoms with Crippen LogP contribution in [0.15, 0.2) is 0 Å². The monoisotopic (exact) mass is 185 g/mol. The number of methoxy groups -OCH3 is 1. The molecule has 0 aromatic carbocycles. The minimum Gasteiger partial charge on any atom is -0.385 e. The summed E-state index contributed by atoms with van der Waals surface area (Å²) in [5, 5.41) is 2.34. The molecule has 1 rings (SSSR count). The Morgan fingerprint density at radius 1 is 1.54 bits per heavy atom. The van der Waals surface area contributed by atoms with Crippen LogP contribution in [0.25, 0.3) is 0 Å². The average molecular weight is 185 g/mol. The van der Waals surface area contributed by atoms with Crippen molar-refractivity contribution in [3.05, 3.63) is 0 Å². The van der Waals surface area contributed by atoms with Crippen molar-refractivity contribution in [2.45, 2.75) is 25.7 Å². The first-order valence-electron chi connectivity index (χ1n) is 4.56. The van der Waals surface area contributed by atoms with E-state index in [0.29, 0.717) is 19.4 Å². The van der Waals surface area contributed by atoms with Crippen LogP contribution < -0.4 is 5.32 Å². The third-order valence-corrected chi connectivity index (χ3v) is 2.25. The van der Waals surface area contributed by atoms with Crippen LogP contribution in [0.2, 0.25) is 0 Å². The normalized spacial score (nSPS) is 23.0. The Morgan fingerprint density at radius 3 is 2.92 bits per heavy atom. The third kappa shape index (κ3) is 3.14. The van der Waals surface area contributed by atoms with Gasteiger partial charge in [-0.1, -0.05) is 0 Å². The van der Waals surface area contributed by atoms with Crippen LogP contribution in [0.4, 0.5) is 0 Å². The zero-order chi connectivity index (χ0) is 9.68. The Kier molecular flexibility index (Phi) is 3.89. The van der Waals surface area contributed by atoms with Crippen molar-refractivity contribution in [3.63, 3.8) is 0 Å². The fraction of sp³-hybridized carbons (Fsp3) is 0.778. The van der Waals surface area contributed by atoms with Gasteiger partial charge in [-0.3, -0.25) is 14.9 Å². The molecule has 1 atom stereocenters. The number of amides is 2. The van der Waals surface area contributed by atoms with E-state index in [-0.39, 0.29) is 17.7 Å². The summed E-state index contributed by atoms with van der Waals surface area (Å²) >= 11 is 0. The maximum atomic E-state index is 11.2. The Labute approximate surface area is 77.6 Å². The first kappa shape index (κ1) is 10.2. The van der Waals surface area contributed by atoms with E-state index in [0.717, 1.165) is 12.8 Å². The topological polar surface area (TPSA) is 55.4 Å². The van der Waals surface area contributed by atoms with Gasteiger partial charge in [0.05, 0.1) is 0 Å². The summed E-state index contributed by atoms with van der Waals surface area (Å²) < 4.78 is 4.89. The second kappa shape index (κ2) is 4.97. The van der Waals surface area contributed by atoms with Crippen molar-refractivity contribution in [2.75, 3.05) is 13.7 Å². The number of carbonyl (C=O) groups is 2. The highest BCUT2D eigenvalue weighted by atomic mass is 16.5. The molecule has 4 nitrogen and oxygen atoms in total. The van der Waals surface area contributed by atoms with Gasteiger partial charge in [0, 0.05) is 26.1 Å². The lowest BCUT2D eigenvalue weighted by Gasteiger charge is -2.20. The molecule has 0 aromatic rings. The average Bonchev–Trinajstić information content (AvgIpc) is 2.09. The number of carbonyl (C=O) groups excluding carboxylic acids is 2. The number of nitrogens with one attached hydrogen (secondary N) is 1. The molecule has 1 N–H and O–H groups in total. The van der Waals surface area contributed by atoms with Crippen LogP contribution in [-0.4, -0.2) is 25.5 Å². The van der Waals surface area contributed by atoms with E-state index in [1.54, 1.807) is 7.11 Å². The highest BCUT2D eigenvalue weighted by molar-refractivity contribution is 5.98. The van der Waals surface area contributed by atoms with E-state index in [1.165, 1.54) is 0 Å². The highest BCUT2D eigenvalue weighted by Crippen LogP contribution is 2.17. The van der Waals surface area contributed by atoms with Gasteiger partial charge in [0.25, 0.3) is 0 Å². The van der Waals surface area contributed by atoms with Crippen molar-refractivity contribution in [3.8, 4) is 0 Å². The van der Waals surface area contributed by atoms with Gasteiger partial charge in [-0.25, -0.2) is 0 Å². The summed E-state index contributed by atoms with van der Waals surface area (Å²) in [6, 6.07) is 0. The summed E-state index contributed by atoms with van der Waals surface area (Å²) in [6.45, 7) is 0.678. The lowest BCUT2D eigenvalue weighted by atomic mass is 9.94. The molecule has 4 heteroatoms. The molecule has 0 aliphatic carbocycles. The van der Waals surface area contributed by atoms with E-state index < -0.39 is 0 Å². The lowest BCUT2D eigenvalue weighted by molar-refractivity contribution is -0.136. The first-order valence-corrected chi connectivity index (χ1v) is 4.56. The molecule has 1 saturated heterocycles. The molecule has 13 heavy (non-hydrogen) atoms. The van der Waals surface area contributed by atoms with Gasteiger partial charge in [0.1, 0.15) is 0 Å². The minimum absolute atomic E-state index is 0.00727. The van der Waals surface area contributed by atoms with E-state index in [4.69, 9.17) is 4.74 Å². The maximum Gasteiger partial charge on any atom is 0.229 e. The van der Waals surface area contributed by atoms with Crippen LogP contribution in [0.1, 0.15) is 25.7 Å². The molecule has 0 aromatic heterocycles. The van der Waals surface area contributed by atoms with E-state index in [9.17, 15) is 9.59 Å². The van der Waals surface area contributed by atoms with Crippen molar-refractivity contribution in [2.24, 2.45) is 5.92 Å². The Bertz CT molecular complexity index is 203. The molecule has 0 bridgehead atoms. The third-order valence-electron chi connectivity index (χ3n) is 2.25. The van der Waals surface area contributed by atoms with Crippen LogP contribution >= 0.6 is 0 Å². The molecule has 1 heterocycles. The van der Waals surface area contributed by atoms with Crippen LogP contribution in [0, 0.1) is 5.92 Å². The standard InChI is InChI=1S/C9H15NO3/c1-13-6-2-3-7-4-5-8(11)10-9(7)12/h7H,2-6H2,1H3,(H,10,11,12). The number of ether oxygens (including phenoxy) is 1. The van der Waals surface area contributed by atoms with Crippen LogP contribution in [-0.2, 0) is 14.3 Å². The Balaban J connectivity index is 2.26. The number of hydrogen-bond acceptors (Lipinski definition) is 3. The number of hydrogen-bond donors (Lipinski definition) is 1. The predicted octanol–water partition coefficient (Wildman–Crippen LogP) is 0.466. The Hall–Kier alpha value is -0.900. The van der Waals surface area contributed by atoms with Crippen molar-refractivity contribution in [1.29, 1.82) is 0 Å². The van der Waals surface area contributed by atoms with Gasteiger partial charge >= 0.3 is 0 Å². The zero-order valence-corrected chi connectivity index (χ0v) is 7.84. The predicted molar refractivity (Wildman–Crippen MR) is 47.0 cm³/mol. The number of imide groups is 1. The summed E-state index contributed by atoms with van der Waals surface area (Å²) in [5.41, 5.74) is 0. The van der Waals surface area contributed by atoms with E-state index >= 15 is 0 Å². The molecule has 1 unspecified atom stereocenters. The largest absolute Gasteiger partial charge is 0.385 e. The molecule has 1 aliphatic heterocycles. The molecular formula is C9H15NO3. The summed E-state index contributed by atoms with van der Waals surface area (Å²) in [6.07, 6.45) is 2.85. The molecule has 2 amide bonds. The second-order valence-electron chi connectivity index (χ2n) is 3.28. The van der Waals surface area contributed by atoms with Crippen LogP contribution in [0.5, 0.6) is 0 Å². The first-order chi connectivity index (χ1) is 6.24. The maximum absolute atomic E-state index is 11.2. The fourth-order valence-electron chi connectivity index (χ4n) is 1.49. The van der Waals surface area contributed by atoms with Gasteiger partial charge in [-0.15, -0.1) is 0 Å². The zero-order valence-electron chi connectivity index (χ0n) is 7.84. The lowest BCUT2D eigenvalue weighted by Crippen LogP contribution is -2.40.